The highest BCUT2D eigenvalue weighted by molar-refractivity contribution is 6.38. The Balaban J connectivity index is 2.21. The Bertz CT molecular complexity index is 557. The van der Waals surface area contributed by atoms with Gasteiger partial charge in [-0.1, -0.05) is 30.3 Å². The van der Waals surface area contributed by atoms with Gasteiger partial charge in [0, 0.05) is 5.92 Å². The molecule has 6 heteroatoms. The van der Waals surface area contributed by atoms with Gasteiger partial charge in [0.05, 0.1) is 25.7 Å². The molecule has 0 aliphatic carbocycles. The van der Waals surface area contributed by atoms with Crippen LogP contribution in [0, 0.1) is 5.92 Å². The third-order valence-electron chi connectivity index (χ3n) is 3.41. The van der Waals surface area contributed by atoms with E-state index in [-0.39, 0.29) is 30.8 Å². The Morgan fingerprint density at radius 3 is 2.45 bits per heavy atom. The zero-order valence-corrected chi connectivity index (χ0v) is 12.7. The molecule has 6 nitrogen and oxygen atoms in total. The van der Waals surface area contributed by atoms with E-state index < -0.39 is 11.9 Å². The molecular formula is C16H20N2O4. The van der Waals surface area contributed by atoms with Gasteiger partial charge in [-0.25, -0.2) is 4.79 Å². The lowest BCUT2D eigenvalue weighted by Crippen LogP contribution is -2.30. The quantitative estimate of drug-likeness (QED) is 0.811. The second kappa shape index (κ2) is 7.59. The number of hydrazone groups is 1. The van der Waals surface area contributed by atoms with E-state index in [9.17, 15) is 9.59 Å². The van der Waals surface area contributed by atoms with E-state index in [1.165, 1.54) is 0 Å². The summed E-state index contributed by atoms with van der Waals surface area (Å²) in [4.78, 5) is 23.9. The summed E-state index contributed by atoms with van der Waals surface area (Å²) in [6, 6.07) is 9.33. The number of nitrogens with one attached hydrogen (secondary N) is 1. The van der Waals surface area contributed by atoms with Crippen LogP contribution in [0.5, 0.6) is 0 Å². The summed E-state index contributed by atoms with van der Waals surface area (Å²) in [5.41, 5.74) is 4.14. The smallest absolute Gasteiger partial charge is 0.354 e. The summed E-state index contributed by atoms with van der Waals surface area (Å²) in [6.45, 7) is 4.05. The van der Waals surface area contributed by atoms with Crippen molar-refractivity contribution < 1.29 is 19.1 Å². The molecule has 0 unspecified atom stereocenters. The van der Waals surface area contributed by atoms with Crippen molar-refractivity contribution in [2.24, 2.45) is 11.0 Å². The van der Waals surface area contributed by atoms with Crippen LogP contribution in [0.1, 0.15) is 31.9 Å². The summed E-state index contributed by atoms with van der Waals surface area (Å²) in [5, 5.41) is 4.09. The first-order valence-corrected chi connectivity index (χ1v) is 7.38. The maximum atomic E-state index is 12.0. The fourth-order valence-electron chi connectivity index (χ4n) is 2.45. The van der Waals surface area contributed by atoms with Crippen molar-refractivity contribution in [3.8, 4) is 0 Å². The van der Waals surface area contributed by atoms with E-state index in [1.807, 2.05) is 30.3 Å². The molecule has 1 aromatic rings. The molecule has 0 bridgehead atoms. The van der Waals surface area contributed by atoms with Crippen molar-refractivity contribution >= 4 is 17.7 Å². The highest BCUT2D eigenvalue weighted by Gasteiger charge is 2.39. The molecule has 1 aliphatic heterocycles. The average Bonchev–Trinajstić information content (AvgIpc) is 2.92. The van der Waals surface area contributed by atoms with E-state index in [2.05, 4.69) is 10.5 Å². The van der Waals surface area contributed by atoms with E-state index in [4.69, 9.17) is 9.47 Å². The van der Waals surface area contributed by atoms with Gasteiger partial charge in [-0.05, 0) is 19.4 Å². The molecule has 2 atom stereocenters. The number of nitrogens with zero attached hydrogens (tertiary/aromatic N) is 1. The molecule has 118 valence electrons. The molecule has 1 aliphatic rings. The van der Waals surface area contributed by atoms with Gasteiger partial charge in [0.15, 0.2) is 5.71 Å². The molecule has 1 heterocycles. The van der Waals surface area contributed by atoms with Crippen molar-refractivity contribution in [1.82, 2.24) is 5.43 Å². The monoisotopic (exact) mass is 304 g/mol. The molecule has 0 spiro atoms. The number of hydrogen-bond donors (Lipinski definition) is 1. The minimum atomic E-state index is -0.497. The lowest BCUT2D eigenvalue weighted by atomic mass is 9.88. The van der Waals surface area contributed by atoms with Crippen LogP contribution in [-0.4, -0.2) is 30.9 Å². The van der Waals surface area contributed by atoms with Gasteiger partial charge in [-0.3, -0.25) is 4.79 Å². The van der Waals surface area contributed by atoms with Crippen LogP contribution in [0.3, 0.4) is 0 Å². The Morgan fingerprint density at radius 2 is 1.82 bits per heavy atom. The predicted octanol–water partition coefficient (Wildman–Crippen LogP) is 1.82. The van der Waals surface area contributed by atoms with Crippen LogP contribution in [0.15, 0.2) is 35.4 Å². The number of esters is 2. The lowest BCUT2D eigenvalue weighted by Gasteiger charge is -2.19. The largest absolute Gasteiger partial charge is 0.466 e. The van der Waals surface area contributed by atoms with Crippen LogP contribution in [0.4, 0.5) is 0 Å². The number of hydrogen-bond acceptors (Lipinski definition) is 6. The molecule has 0 aromatic heterocycles. The van der Waals surface area contributed by atoms with E-state index in [0.717, 1.165) is 5.56 Å². The summed E-state index contributed by atoms with van der Waals surface area (Å²) >= 11 is 0. The van der Waals surface area contributed by atoms with Crippen LogP contribution in [0.25, 0.3) is 0 Å². The highest BCUT2D eigenvalue weighted by Crippen LogP contribution is 2.31. The van der Waals surface area contributed by atoms with Crippen molar-refractivity contribution in [2.45, 2.75) is 26.3 Å². The first-order valence-electron chi connectivity index (χ1n) is 7.38. The van der Waals surface area contributed by atoms with Gasteiger partial charge in [0.25, 0.3) is 0 Å². The minimum absolute atomic E-state index is 0.0814. The summed E-state index contributed by atoms with van der Waals surface area (Å²) < 4.78 is 10.0. The summed E-state index contributed by atoms with van der Waals surface area (Å²) in [7, 11) is 0. The first-order chi connectivity index (χ1) is 10.7. The van der Waals surface area contributed by atoms with Gasteiger partial charge < -0.3 is 14.9 Å². The van der Waals surface area contributed by atoms with Crippen LogP contribution < -0.4 is 5.43 Å². The maximum absolute atomic E-state index is 12.0. The highest BCUT2D eigenvalue weighted by atomic mass is 16.5. The molecule has 1 N–H and O–H groups in total. The van der Waals surface area contributed by atoms with E-state index in [1.54, 1.807) is 13.8 Å². The number of carbonyl (C=O) groups excluding carboxylic acids is 2. The van der Waals surface area contributed by atoms with E-state index >= 15 is 0 Å². The molecule has 22 heavy (non-hydrogen) atoms. The zero-order valence-electron chi connectivity index (χ0n) is 12.7. The lowest BCUT2D eigenvalue weighted by molar-refractivity contribution is -0.143. The normalized spacial score (nSPS) is 20.0. The van der Waals surface area contributed by atoms with Crippen LogP contribution in [0.2, 0.25) is 0 Å². The topological polar surface area (TPSA) is 77.0 Å². The molecule has 0 radical (unpaired) electrons. The number of rotatable bonds is 6. The van der Waals surface area contributed by atoms with Gasteiger partial charge in [0.1, 0.15) is 0 Å². The third kappa shape index (κ3) is 3.63. The first kappa shape index (κ1) is 16.0. The van der Waals surface area contributed by atoms with Crippen molar-refractivity contribution in [3.63, 3.8) is 0 Å². The third-order valence-corrected chi connectivity index (χ3v) is 3.41. The molecule has 0 saturated heterocycles. The molecule has 0 fully saturated rings. The number of carbonyl (C=O) groups is 2. The van der Waals surface area contributed by atoms with Gasteiger partial charge in [-0.2, -0.15) is 5.10 Å². The average molecular weight is 304 g/mol. The maximum Gasteiger partial charge on any atom is 0.354 e. The van der Waals surface area contributed by atoms with Crippen molar-refractivity contribution in [2.75, 3.05) is 13.2 Å². The Morgan fingerprint density at radius 1 is 1.14 bits per heavy atom. The van der Waals surface area contributed by atoms with Gasteiger partial charge in [-0.15, -0.1) is 0 Å². The SMILES string of the molecule is CCOC(=O)C[C@@H]1C(C(=O)OCC)=NN[C@@H]1c1ccccc1. The summed E-state index contributed by atoms with van der Waals surface area (Å²) in [5.74, 6) is -1.25. The second-order valence-electron chi connectivity index (χ2n) is 4.85. The van der Waals surface area contributed by atoms with Gasteiger partial charge in [0.2, 0.25) is 0 Å². The molecule has 1 aromatic carbocycles. The van der Waals surface area contributed by atoms with Crippen molar-refractivity contribution in [3.05, 3.63) is 35.9 Å². The fourth-order valence-corrected chi connectivity index (χ4v) is 2.45. The number of ether oxygens (including phenoxy) is 2. The molecule has 2 rings (SSSR count). The minimum Gasteiger partial charge on any atom is -0.466 e. The molecule has 0 saturated carbocycles. The fraction of sp³-hybridized carbons (Fsp3) is 0.438. The summed E-state index contributed by atoms with van der Waals surface area (Å²) in [6.07, 6.45) is 0.0814. The Labute approximate surface area is 129 Å². The second-order valence-corrected chi connectivity index (χ2v) is 4.85. The Hall–Kier alpha value is -2.37. The van der Waals surface area contributed by atoms with Crippen LogP contribution in [-0.2, 0) is 19.1 Å². The van der Waals surface area contributed by atoms with E-state index in [0.29, 0.717) is 6.61 Å². The zero-order chi connectivity index (χ0) is 15.9. The van der Waals surface area contributed by atoms with Crippen LogP contribution >= 0.6 is 0 Å². The standard InChI is InChI=1S/C16H20N2O4/c1-3-21-13(19)10-12-14(11-8-6-5-7-9-11)17-18-15(12)16(20)22-4-2/h5-9,12,14,17H,3-4,10H2,1-2H3/t12-,14+/m0/s1. The number of benzene rings is 1. The van der Waals surface area contributed by atoms with Gasteiger partial charge >= 0.3 is 11.9 Å². The van der Waals surface area contributed by atoms with Crippen molar-refractivity contribution in [1.29, 1.82) is 0 Å². The predicted molar refractivity (Wildman–Crippen MR) is 81.1 cm³/mol. The Kier molecular flexibility index (Phi) is 5.52. The molecule has 0 amide bonds. The molecular weight excluding hydrogens is 284 g/mol.